The molecule has 0 aromatic heterocycles. The van der Waals surface area contributed by atoms with Gasteiger partial charge in [0.1, 0.15) is 0 Å². The van der Waals surface area contributed by atoms with Gasteiger partial charge < -0.3 is 9.84 Å². The summed E-state index contributed by atoms with van der Waals surface area (Å²) in [5, 5.41) is 9.99. The highest BCUT2D eigenvalue weighted by Gasteiger charge is 2.33. The van der Waals surface area contributed by atoms with Crippen molar-refractivity contribution in [3.05, 3.63) is 0 Å². The molecule has 2 nitrogen and oxygen atoms in total. The van der Waals surface area contributed by atoms with Crippen molar-refractivity contribution in [2.75, 3.05) is 0 Å². The van der Waals surface area contributed by atoms with Crippen LogP contribution in [0, 0.1) is 5.92 Å². The van der Waals surface area contributed by atoms with Gasteiger partial charge in [-0.2, -0.15) is 0 Å². The smallest absolute Gasteiger partial charge is 0.0617 e. The van der Waals surface area contributed by atoms with Crippen LogP contribution in [0.15, 0.2) is 0 Å². The summed E-state index contributed by atoms with van der Waals surface area (Å²) in [4.78, 5) is 0. The van der Waals surface area contributed by atoms with E-state index < -0.39 is 0 Å². The first-order chi connectivity index (χ1) is 6.69. The van der Waals surface area contributed by atoms with E-state index >= 15 is 0 Å². The molecule has 0 amide bonds. The second kappa shape index (κ2) is 5.72. The van der Waals surface area contributed by atoms with E-state index in [1.165, 1.54) is 0 Å². The fraction of sp³-hybridized carbons (Fsp3) is 1.00. The number of aliphatic hydroxyl groups excluding tert-OH is 1. The van der Waals surface area contributed by atoms with Crippen molar-refractivity contribution in [1.82, 2.24) is 0 Å². The normalized spacial score (nSPS) is 38.6. The lowest BCUT2D eigenvalue weighted by atomic mass is 9.85. The summed E-state index contributed by atoms with van der Waals surface area (Å²) in [5.41, 5.74) is 0. The average molecular weight is 200 g/mol. The molecule has 1 N–H and O–H groups in total. The Hall–Kier alpha value is -0.0800. The summed E-state index contributed by atoms with van der Waals surface area (Å²) in [6, 6.07) is 0. The van der Waals surface area contributed by atoms with Crippen LogP contribution in [0.25, 0.3) is 0 Å². The summed E-state index contributed by atoms with van der Waals surface area (Å²) >= 11 is 0. The topological polar surface area (TPSA) is 29.5 Å². The van der Waals surface area contributed by atoms with Crippen LogP contribution >= 0.6 is 0 Å². The van der Waals surface area contributed by atoms with Gasteiger partial charge in [0.2, 0.25) is 0 Å². The molecule has 1 heterocycles. The van der Waals surface area contributed by atoms with E-state index in [4.69, 9.17) is 4.74 Å². The van der Waals surface area contributed by atoms with Gasteiger partial charge in [0, 0.05) is 5.92 Å². The minimum atomic E-state index is -0.143. The van der Waals surface area contributed by atoms with Crippen LogP contribution in [0.2, 0.25) is 0 Å². The lowest BCUT2D eigenvalue weighted by Crippen LogP contribution is -2.42. The Morgan fingerprint density at radius 1 is 1.21 bits per heavy atom. The molecule has 2 heteroatoms. The quantitative estimate of drug-likeness (QED) is 0.756. The highest BCUT2D eigenvalue weighted by molar-refractivity contribution is 4.82. The average Bonchev–Trinajstić information content (AvgIpc) is 2.12. The van der Waals surface area contributed by atoms with Gasteiger partial charge in [-0.3, -0.25) is 0 Å². The van der Waals surface area contributed by atoms with Gasteiger partial charge in [0.25, 0.3) is 0 Å². The van der Waals surface area contributed by atoms with Crippen LogP contribution < -0.4 is 0 Å². The third-order valence-corrected chi connectivity index (χ3v) is 3.24. The van der Waals surface area contributed by atoms with E-state index in [9.17, 15) is 5.11 Å². The van der Waals surface area contributed by atoms with Gasteiger partial charge in [0.15, 0.2) is 0 Å². The number of aliphatic hydroxyl groups is 1. The summed E-state index contributed by atoms with van der Waals surface area (Å²) < 4.78 is 5.90. The van der Waals surface area contributed by atoms with Crippen LogP contribution in [-0.4, -0.2) is 23.4 Å². The first-order valence-corrected chi connectivity index (χ1v) is 6.02. The Morgan fingerprint density at radius 3 is 2.36 bits per heavy atom. The monoisotopic (exact) mass is 200 g/mol. The SMILES string of the molecule is CCCC1CC(O)C(CCC)C(C)O1. The zero-order valence-corrected chi connectivity index (χ0v) is 9.70. The third kappa shape index (κ3) is 2.96. The fourth-order valence-corrected chi connectivity index (χ4v) is 2.49. The van der Waals surface area contributed by atoms with Crippen LogP contribution in [-0.2, 0) is 4.74 Å². The molecule has 0 radical (unpaired) electrons. The van der Waals surface area contributed by atoms with Gasteiger partial charge in [-0.25, -0.2) is 0 Å². The molecule has 0 aromatic carbocycles. The second-order valence-corrected chi connectivity index (χ2v) is 4.51. The molecular formula is C12H24O2. The van der Waals surface area contributed by atoms with Gasteiger partial charge in [-0.05, 0) is 26.2 Å². The predicted octanol–water partition coefficient (Wildman–Crippen LogP) is 2.74. The minimum Gasteiger partial charge on any atom is -0.393 e. The molecule has 1 aliphatic rings. The van der Waals surface area contributed by atoms with Crippen molar-refractivity contribution in [3.8, 4) is 0 Å². The number of rotatable bonds is 4. The van der Waals surface area contributed by atoms with E-state index in [2.05, 4.69) is 20.8 Å². The van der Waals surface area contributed by atoms with Crippen LogP contribution in [0.1, 0.15) is 52.9 Å². The first kappa shape index (κ1) is 12.0. The molecule has 0 saturated carbocycles. The van der Waals surface area contributed by atoms with Gasteiger partial charge >= 0.3 is 0 Å². The summed E-state index contributed by atoms with van der Waals surface area (Å²) in [6.07, 6.45) is 5.66. The van der Waals surface area contributed by atoms with Crippen molar-refractivity contribution in [2.24, 2.45) is 5.92 Å². The molecule has 1 aliphatic heterocycles. The minimum absolute atomic E-state index is 0.143. The van der Waals surface area contributed by atoms with Crippen molar-refractivity contribution in [1.29, 1.82) is 0 Å². The maximum absolute atomic E-state index is 9.99. The largest absolute Gasteiger partial charge is 0.393 e. The van der Waals surface area contributed by atoms with Gasteiger partial charge in [-0.15, -0.1) is 0 Å². The zero-order chi connectivity index (χ0) is 10.6. The summed E-state index contributed by atoms with van der Waals surface area (Å²) in [6.45, 7) is 6.43. The molecule has 0 spiro atoms. The Bertz CT molecular complexity index is 146. The van der Waals surface area contributed by atoms with Crippen molar-refractivity contribution >= 4 is 0 Å². The van der Waals surface area contributed by atoms with Crippen molar-refractivity contribution in [2.45, 2.75) is 71.2 Å². The molecule has 0 aliphatic carbocycles. The van der Waals surface area contributed by atoms with Crippen LogP contribution in [0.5, 0.6) is 0 Å². The Labute approximate surface area is 87.7 Å². The van der Waals surface area contributed by atoms with E-state index in [1.807, 2.05) is 0 Å². The van der Waals surface area contributed by atoms with E-state index in [-0.39, 0.29) is 18.3 Å². The molecule has 0 aromatic rings. The molecule has 1 rings (SSSR count). The molecule has 1 saturated heterocycles. The Morgan fingerprint density at radius 2 is 1.86 bits per heavy atom. The number of hydrogen-bond acceptors (Lipinski definition) is 2. The molecule has 4 unspecified atom stereocenters. The Kier molecular flexibility index (Phi) is 4.90. The number of ether oxygens (including phenoxy) is 1. The predicted molar refractivity (Wildman–Crippen MR) is 58.3 cm³/mol. The highest BCUT2D eigenvalue weighted by Crippen LogP contribution is 2.30. The summed E-state index contributed by atoms with van der Waals surface area (Å²) in [7, 11) is 0. The van der Waals surface area contributed by atoms with Crippen molar-refractivity contribution in [3.63, 3.8) is 0 Å². The van der Waals surface area contributed by atoms with E-state index in [1.54, 1.807) is 0 Å². The molecule has 0 bridgehead atoms. The maximum atomic E-state index is 9.99. The molecule has 1 fully saturated rings. The molecule has 84 valence electrons. The zero-order valence-electron chi connectivity index (χ0n) is 9.70. The first-order valence-electron chi connectivity index (χ1n) is 6.02. The van der Waals surface area contributed by atoms with E-state index in [0.29, 0.717) is 5.92 Å². The Balaban J connectivity index is 2.45. The molecule has 14 heavy (non-hydrogen) atoms. The van der Waals surface area contributed by atoms with Gasteiger partial charge in [-0.1, -0.05) is 26.7 Å². The highest BCUT2D eigenvalue weighted by atomic mass is 16.5. The standard InChI is InChI=1S/C12H24O2/c1-4-6-10-8-12(13)11(7-5-2)9(3)14-10/h9-13H,4-8H2,1-3H3. The van der Waals surface area contributed by atoms with Crippen molar-refractivity contribution < 1.29 is 9.84 Å². The third-order valence-electron chi connectivity index (χ3n) is 3.24. The lowest BCUT2D eigenvalue weighted by Gasteiger charge is -2.38. The summed E-state index contributed by atoms with van der Waals surface area (Å²) in [5.74, 6) is 0.355. The molecular weight excluding hydrogens is 176 g/mol. The van der Waals surface area contributed by atoms with Crippen LogP contribution in [0.3, 0.4) is 0 Å². The number of hydrogen-bond donors (Lipinski definition) is 1. The lowest BCUT2D eigenvalue weighted by molar-refractivity contribution is -0.132. The van der Waals surface area contributed by atoms with E-state index in [0.717, 1.165) is 32.1 Å². The fourth-order valence-electron chi connectivity index (χ4n) is 2.49. The molecule has 4 atom stereocenters. The van der Waals surface area contributed by atoms with Gasteiger partial charge in [0.05, 0.1) is 18.3 Å². The maximum Gasteiger partial charge on any atom is 0.0617 e. The van der Waals surface area contributed by atoms with Crippen LogP contribution in [0.4, 0.5) is 0 Å². The second-order valence-electron chi connectivity index (χ2n) is 4.51.